The number of amides is 1. The lowest BCUT2D eigenvalue weighted by Crippen LogP contribution is -2.32. The molecule has 12 nitrogen and oxygen atoms in total. The van der Waals surface area contributed by atoms with Gasteiger partial charge in [0.15, 0.2) is 17.0 Å². The molecular weight excluding hydrogens is 519 g/mol. The van der Waals surface area contributed by atoms with E-state index in [2.05, 4.69) is 35.8 Å². The molecule has 1 aliphatic rings. The van der Waals surface area contributed by atoms with Crippen molar-refractivity contribution >= 4 is 58.1 Å². The van der Waals surface area contributed by atoms with Crippen molar-refractivity contribution < 1.29 is 9.53 Å². The maximum atomic E-state index is 13.3. The van der Waals surface area contributed by atoms with Crippen molar-refractivity contribution in [1.29, 1.82) is 0 Å². The number of benzene rings is 1. The SMILES string of the molecule is Cl.Nc1ncnc2c1c(C(=O)Nc1ccc(Oc3ccn4ncnc4c3)c(Cl)c1)nn2[C@@H]1CCCNC1. The second-order valence-electron chi connectivity index (χ2n) is 8.38. The molecule has 0 unspecified atom stereocenters. The highest BCUT2D eigenvalue weighted by atomic mass is 35.5. The van der Waals surface area contributed by atoms with Gasteiger partial charge in [-0.15, -0.1) is 12.4 Å². The topological polar surface area (TPSA) is 150 Å². The van der Waals surface area contributed by atoms with Crippen molar-refractivity contribution in [1.82, 2.24) is 39.7 Å². The van der Waals surface area contributed by atoms with Gasteiger partial charge >= 0.3 is 0 Å². The number of ether oxygens (including phenoxy) is 1. The Kier molecular flexibility index (Phi) is 6.78. The first-order valence-electron chi connectivity index (χ1n) is 11.3. The third kappa shape index (κ3) is 4.73. The number of nitrogen functional groups attached to an aromatic ring is 1. The van der Waals surface area contributed by atoms with Crippen molar-refractivity contribution in [3.05, 3.63) is 59.9 Å². The quantitative estimate of drug-likeness (QED) is 0.304. The van der Waals surface area contributed by atoms with E-state index < -0.39 is 5.91 Å². The molecule has 0 radical (unpaired) electrons. The molecule has 1 fully saturated rings. The van der Waals surface area contributed by atoms with Crippen LogP contribution in [0.15, 0.2) is 49.2 Å². The molecule has 14 heteroatoms. The number of nitrogens with two attached hydrogens (primary N) is 1. The largest absolute Gasteiger partial charge is 0.456 e. The van der Waals surface area contributed by atoms with Crippen LogP contribution in [0.1, 0.15) is 29.4 Å². The summed E-state index contributed by atoms with van der Waals surface area (Å²) in [6.07, 6.45) is 6.51. The van der Waals surface area contributed by atoms with E-state index in [9.17, 15) is 4.79 Å². The number of carbonyl (C=O) groups is 1. The van der Waals surface area contributed by atoms with Crippen LogP contribution in [-0.2, 0) is 0 Å². The first-order chi connectivity index (χ1) is 17.6. The van der Waals surface area contributed by atoms with E-state index in [1.54, 1.807) is 45.7 Å². The Morgan fingerprint density at radius 2 is 2.08 bits per heavy atom. The summed E-state index contributed by atoms with van der Waals surface area (Å²) in [5.74, 6) is 0.743. The summed E-state index contributed by atoms with van der Waals surface area (Å²) >= 11 is 6.46. The number of fused-ring (bicyclic) bond motifs is 2. The van der Waals surface area contributed by atoms with Gasteiger partial charge in [-0.3, -0.25) is 4.79 Å². The number of hydrogen-bond donors (Lipinski definition) is 3. The van der Waals surface area contributed by atoms with Gasteiger partial charge in [-0.2, -0.15) is 10.2 Å². The van der Waals surface area contributed by atoms with E-state index in [-0.39, 0.29) is 30.0 Å². The zero-order valence-electron chi connectivity index (χ0n) is 19.3. The molecule has 5 heterocycles. The summed E-state index contributed by atoms with van der Waals surface area (Å²) in [6, 6.07) is 8.54. The molecule has 5 aromatic rings. The Labute approximate surface area is 221 Å². The molecule has 1 saturated heterocycles. The molecule has 190 valence electrons. The lowest BCUT2D eigenvalue weighted by atomic mass is 10.1. The Hall–Kier alpha value is -4.00. The van der Waals surface area contributed by atoms with Gasteiger partial charge in [0.1, 0.15) is 30.0 Å². The van der Waals surface area contributed by atoms with Gasteiger partial charge in [-0.25, -0.2) is 24.1 Å². The van der Waals surface area contributed by atoms with Crippen LogP contribution in [-0.4, -0.2) is 53.3 Å². The molecular formula is C23H22Cl2N10O2. The number of pyridine rings is 1. The Morgan fingerprint density at radius 1 is 1.19 bits per heavy atom. The Morgan fingerprint density at radius 3 is 2.89 bits per heavy atom. The van der Waals surface area contributed by atoms with E-state index in [1.165, 1.54) is 12.7 Å². The number of aromatic nitrogens is 7. The molecule has 4 N–H and O–H groups in total. The molecule has 1 amide bonds. The fraction of sp³-hybridized carbons (Fsp3) is 0.217. The number of hydrogen-bond acceptors (Lipinski definition) is 9. The maximum Gasteiger partial charge on any atom is 0.277 e. The van der Waals surface area contributed by atoms with Crippen molar-refractivity contribution in [2.24, 2.45) is 0 Å². The highest BCUT2D eigenvalue weighted by Gasteiger charge is 2.26. The summed E-state index contributed by atoms with van der Waals surface area (Å²) < 4.78 is 9.29. The molecule has 0 bridgehead atoms. The van der Waals surface area contributed by atoms with Gasteiger partial charge in [0.2, 0.25) is 0 Å². The summed E-state index contributed by atoms with van der Waals surface area (Å²) in [6.45, 7) is 1.69. The molecule has 1 aromatic carbocycles. The summed E-state index contributed by atoms with van der Waals surface area (Å²) in [7, 11) is 0. The fourth-order valence-corrected chi connectivity index (χ4v) is 4.51. The normalized spacial score (nSPS) is 15.4. The first kappa shape index (κ1) is 24.7. The van der Waals surface area contributed by atoms with Crippen molar-refractivity contribution in [3.8, 4) is 11.5 Å². The van der Waals surface area contributed by atoms with E-state index >= 15 is 0 Å². The lowest BCUT2D eigenvalue weighted by Gasteiger charge is -2.23. The lowest BCUT2D eigenvalue weighted by molar-refractivity contribution is 0.102. The van der Waals surface area contributed by atoms with E-state index in [0.29, 0.717) is 38.9 Å². The predicted molar refractivity (Wildman–Crippen MR) is 141 cm³/mol. The standard InChI is InChI=1S/C23H21ClN10O2.ClH/c24-16-8-13(3-4-17(16)36-15-5-7-33-18(9-15)27-12-30-33)31-23(35)20-19-21(25)28-11-29-22(19)34(32-20)14-2-1-6-26-10-14;/h3-5,7-9,11-12,14,26H,1-2,6,10H2,(H,31,35)(H2,25,28,29);1H/t14-;/m1./s1. The van der Waals surface area contributed by atoms with Crippen molar-refractivity contribution in [2.45, 2.75) is 18.9 Å². The first-order valence-corrected chi connectivity index (χ1v) is 11.7. The highest BCUT2D eigenvalue weighted by Crippen LogP contribution is 2.33. The molecule has 0 aliphatic carbocycles. The second-order valence-corrected chi connectivity index (χ2v) is 8.78. The monoisotopic (exact) mass is 540 g/mol. The fourth-order valence-electron chi connectivity index (χ4n) is 4.29. The van der Waals surface area contributed by atoms with Gasteiger partial charge in [0, 0.05) is 24.5 Å². The van der Waals surface area contributed by atoms with Crippen LogP contribution in [0, 0.1) is 0 Å². The van der Waals surface area contributed by atoms with Crippen molar-refractivity contribution in [2.75, 3.05) is 24.1 Å². The van der Waals surface area contributed by atoms with Gasteiger partial charge in [0.05, 0.1) is 16.5 Å². The minimum atomic E-state index is -0.439. The minimum Gasteiger partial charge on any atom is -0.456 e. The summed E-state index contributed by atoms with van der Waals surface area (Å²) in [4.78, 5) is 25.8. The van der Waals surface area contributed by atoms with E-state index in [1.807, 2.05) is 0 Å². The van der Waals surface area contributed by atoms with E-state index in [0.717, 1.165) is 25.9 Å². The number of anilines is 2. The van der Waals surface area contributed by atoms with Crippen LogP contribution in [0.4, 0.5) is 11.5 Å². The van der Waals surface area contributed by atoms with Gasteiger partial charge in [-0.1, -0.05) is 11.6 Å². The minimum absolute atomic E-state index is 0. The van der Waals surface area contributed by atoms with Crippen LogP contribution >= 0.6 is 24.0 Å². The smallest absolute Gasteiger partial charge is 0.277 e. The Balaban J connectivity index is 0.00000280. The van der Waals surface area contributed by atoms with Gasteiger partial charge < -0.3 is 21.1 Å². The molecule has 1 atom stereocenters. The van der Waals surface area contributed by atoms with Crippen LogP contribution in [0.25, 0.3) is 16.7 Å². The zero-order chi connectivity index (χ0) is 24.6. The maximum absolute atomic E-state index is 13.3. The third-order valence-corrected chi connectivity index (χ3v) is 6.32. The number of halogens is 2. The number of nitrogens with one attached hydrogen (secondary N) is 2. The molecule has 0 saturated carbocycles. The van der Waals surface area contributed by atoms with Crippen LogP contribution in [0.3, 0.4) is 0 Å². The number of rotatable bonds is 5. The average Bonchev–Trinajstić information content (AvgIpc) is 3.51. The summed E-state index contributed by atoms with van der Waals surface area (Å²) in [5, 5.41) is 15.6. The highest BCUT2D eigenvalue weighted by molar-refractivity contribution is 6.32. The number of piperidine rings is 1. The molecule has 1 aliphatic heterocycles. The van der Waals surface area contributed by atoms with Crippen LogP contribution in [0.5, 0.6) is 11.5 Å². The molecule has 6 rings (SSSR count). The van der Waals surface area contributed by atoms with Gasteiger partial charge in [-0.05, 0) is 43.7 Å². The molecule has 0 spiro atoms. The van der Waals surface area contributed by atoms with Crippen molar-refractivity contribution in [3.63, 3.8) is 0 Å². The zero-order valence-corrected chi connectivity index (χ0v) is 20.9. The van der Waals surface area contributed by atoms with E-state index in [4.69, 9.17) is 22.1 Å². The number of carbonyl (C=O) groups excluding carboxylic acids is 1. The average molecular weight is 541 g/mol. The summed E-state index contributed by atoms with van der Waals surface area (Å²) in [5.41, 5.74) is 7.94. The third-order valence-electron chi connectivity index (χ3n) is 6.02. The van der Waals surface area contributed by atoms with Gasteiger partial charge in [0.25, 0.3) is 5.91 Å². The molecule has 4 aromatic heterocycles. The van der Waals surface area contributed by atoms with Crippen LogP contribution < -0.4 is 21.1 Å². The molecule has 37 heavy (non-hydrogen) atoms. The predicted octanol–water partition coefficient (Wildman–Crippen LogP) is 3.50. The number of nitrogens with zero attached hydrogens (tertiary/aromatic N) is 7. The second kappa shape index (κ2) is 10.2. The Bertz CT molecular complexity index is 1600. The van der Waals surface area contributed by atoms with Crippen LogP contribution in [0.2, 0.25) is 5.02 Å².